The third kappa shape index (κ3) is 3.00. The van der Waals surface area contributed by atoms with Gasteiger partial charge in [0, 0.05) is 19.5 Å². The lowest BCUT2D eigenvalue weighted by Gasteiger charge is -2.22. The summed E-state index contributed by atoms with van der Waals surface area (Å²) >= 11 is 0. The zero-order valence-electron chi connectivity index (χ0n) is 13.0. The van der Waals surface area contributed by atoms with Crippen LogP contribution in [0, 0.1) is 5.92 Å². The van der Waals surface area contributed by atoms with Gasteiger partial charge in [0.1, 0.15) is 0 Å². The molecule has 22 heavy (non-hydrogen) atoms. The molecule has 0 saturated carbocycles. The molecular formula is C16H22N4O2. The maximum atomic E-state index is 12.1. The van der Waals surface area contributed by atoms with Crippen molar-refractivity contribution in [1.82, 2.24) is 9.97 Å². The van der Waals surface area contributed by atoms with Gasteiger partial charge in [-0.15, -0.1) is 0 Å². The number of carbonyl (C=O) groups excluding carboxylic acids is 1. The SMILES string of the molecule is CC(C)CC(=O)Nc1cc2[nH]c(=O)[nH]c2cc1N1CCCC1. The Balaban J connectivity index is 1.98. The summed E-state index contributed by atoms with van der Waals surface area (Å²) < 4.78 is 0. The van der Waals surface area contributed by atoms with Crippen LogP contribution in [0.4, 0.5) is 11.4 Å². The third-order valence-electron chi connectivity index (χ3n) is 3.95. The van der Waals surface area contributed by atoms with Gasteiger partial charge in [0.25, 0.3) is 0 Å². The first-order chi connectivity index (χ1) is 10.5. The number of carbonyl (C=O) groups is 1. The molecule has 1 aromatic heterocycles. The smallest absolute Gasteiger partial charge is 0.323 e. The molecule has 0 bridgehead atoms. The highest BCUT2D eigenvalue weighted by molar-refractivity contribution is 5.98. The van der Waals surface area contributed by atoms with Crippen molar-refractivity contribution in [2.75, 3.05) is 23.3 Å². The van der Waals surface area contributed by atoms with Crippen molar-refractivity contribution < 1.29 is 4.79 Å². The highest BCUT2D eigenvalue weighted by Crippen LogP contribution is 2.32. The number of hydrogen-bond donors (Lipinski definition) is 3. The highest BCUT2D eigenvalue weighted by Gasteiger charge is 2.19. The summed E-state index contributed by atoms with van der Waals surface area (Å²) in [6.07, 6.45) is 2.79. The van der Waals surface area contributed by atoms with Crippen molar-refractivity contribution in [3.8, 4) is 0 Å². The van der Waals surface area contributed by atoms with Crippen molar-refractivity contribution in [1.29, 1.82) is 0 Å². The molecule has 6 heteroatoms. The summed E-state index contributed by atoms with van der Waals surface area (Å²) in [5.41, 5.74) is 3.02. The van der Waals surface area contributed by atoms with Crippen LogP contribution in [0.1, 0.15) is 33.1 Å². The van der Waals surface area contributed by atoms with Crippen LogP contribution in [0.3, 0.4) is 0 Å². The van der Waals surface area contributed by atoms with Gasteiger partial charge in [-0.3, -0.25) is 4.79 Å². The molecule has 6 nitrogen and oxygen atoms in total. The molecule has 0 unspecified atom stereocenters. The van der Waals surface area contributed by atoms with E-state index in [2.05, 4.69) is 20.2 Å². The summed E-state index contributed by atoms with van der Waals surface area (Å²) in [7, 11) is 0. The van der Waals surface area contributed by atoms with Gasteiger partial charge in [-0.25, -0.2) is 4.79 Å². The van der Waals surface area contributed by atoms with E-state index < -0.39 is 0 Å². The largest absolute Gasteiger partial charge is 0.370 e. The van der Waals surface area contributed by atoms with Gasteiger partial charge in [0.15, 0.2) is 0 Å². The maximum Gasteiger partial charge on any atom is 0.323 e. The second kappa shape index (κ2) is 5.87. The van der Waals surface area contributed by atoms with Gasteiger partial charge in [0.05, 0.1) is 22.4 Å². The van der Waals surface area contributed by atoms with Crippen LogP contribution in [0.25, 0.3) is 11.0 Å². The molecule has 118 valence electrons. The van der Waals surface area contributed by atoms with Gasteiger partial charge < -0.3 is 20.2 Å². The van der Waals surface area contributed by atoms with E-state index >= 15 is 0 Å². The molecule has 3 rings (SSSR count). The molecule has 1 saturated heterocycles. The molecule has 1 fully saturated rings. The number of aromatic nitrogens is 2. The summed E-state index contributed by atoms with van der Waals surface area (Å²) in [5, 5.41) is 3.00. The normalized spacial score (nSPS) is 15.0. The summed E-state index contributed by atoms with van der Waals surface area (Å²) in [4.78, 5) is 31.4. The first-order valence-electron chi connectivity index (χ1n) is 7.84. The molecule has 1 amide bonds. The fourth-order valence-electron chi connectivity index (χ4n) is 2.96. The Morgan fingerprint density at radius 2 is 1.86 bits per heavy atom. The predicted octanol–water partition coefficient (Wildman–Crippen LogP) is 2.44. The van der Waals surface area contributed by atoms with E-state index in [1.165, 1.54) is 0 Å². The third-order valence-corrected chi connectivity index (χ3v) is 3.95. The van der Waals surface area contributed by atoms with Crippen LogP contribution in [0.2, 0.25) is 0 Å². The van der Waals surface area contributed by atoms with Crippen LogP contribution >= 0.6 is 0 Å². The van der Waals surface area contributed by atoms with Crippen LogP contribution in [0.15, 0.2) is 16.9 Å². The average molecular weight is 302 g/mol. The standard InChI is InChI=1S/C16H22N4O2/c1-10(2)7-15(21)17-13-8-11-12(19-16(22)18-11)9-14(13)20-5-3-4-6-20/h8-10H,3-7H2,1-2H3,(H,17,21)(H2,18,19,22). The summed E-state index contributed by atoms with van der Waals surface area (Å²) in [5.74, 6) is 0.318. The number of nitrogens with zero attached hydrogens (tertiary/aromatic N) is 1. The minimum absolute atomic E-state index is 0.00711. The van der Waals surface area contributed by atoms with E-state index in [-0.39, 0.29) is 11.6 Å². The average Bonchev–Trinajstić information content (AvgIpc) is 3.04. The van der Waals surface area contributed by atoms with Crippen LogP contribution in [-0.2, 0) is 4.79 Å². The van der Waals surface area contributed by atoms with Gasteiger partial charge in [0.2, 0.25) is 5.91 Å². The zero-order valence-corrected chi connectivity index (χ0v) is 13.0. The molecule has 1 aliphatic rings. The van der Waals surface area contributed by atoms with Crippen molar-refractivity contribution in [3.05, 3.63) is 22.6 Å². The number of hydrogen-bond acceptors (Lipinski definition) is 3. The maximum absolute atomic E-state index is 12.1. The van der Waals surface area contributed by atoms with Crippen LogP contribution in [-0.4, -0.2) is 29.0 Å². The van der Waals surface area contributed by atoms with Gasteiger partial charge in [-0.1, -0.05) is 13.8 Å². The van der Waals surface area contributed by atoms with E-state index in [0.717, 1.165) is 42.8 Å². The van der Waals surface area contributed by atoms with Gasteiger partial charge in [-0.2, -0.15) is 0 Å². The second-order valence-corrected chi connectivity index (χ2v) is 6.33. The van der Waals surface area contributed by atoms with Gasteiger partial charge >= 0.3 is 5.69 Å². The molecule has 0 spiro atoms. The number of amides is 1. The second-order valence-electron chi connectivity index (χ2n) is 6.33. The topological polar surface area (TPSA) is 81.0 Å². The lowest BCUT2D eigenvalue weighted by atomic mass is 10.1. The van der Waals surface area contributed by atoms with Crippen molar-refractivity contribution >= 4 is 28.3 Å². The zero-order chi connectivity index (χ0) is 15.7. The molecule has 0 radical (unpaired) electrons. The predicted molar refractivity (Wildman–Crippen MR) is 88.5 cm³/mol. The Labute approximate surface area is 128 Å². The van der Waals surface area contributed by atoms with Crippen molar-refractivity contribution in [2.24, 2.45) is 5.92 Å². The number of benzene rings is 1. The number of anilines is 2. The van der Waals surface area contributed by atoms with E-state index in [4.69, 9.17) is 0 Å². The molecule has 0 aliphatic carbocycles. The van der Waals surface area contributed by atoms with E-state index in [1.54, 1.807) is 0 Å². The number of fused-ring (bicyclic) bond motifs is 1. The number of nitrogens with one attached hydrogen (secondary N) is 3. The Hall–Kier alpha value is -2.24. The molecule has 3 N–H and O–H groups in total. The quantitative estimate of drug-likeness (QED) is 0.811. The molecule has 2 heterocycles. The lowest BCUT2D eigenvalue weighted by molar-refractivity contribution is -0.116. The molecular weight excluding hydrogens is 280 g/mol. The fraction of sp³-hybridized carbons (Fsp3) is 0.500. The summed E-state index contributed by atoms with van der Waals surface area (Å²) in [6, 6.07) is 3.79. The Morgan fingerprint density at radius 3 is 2.50 bits per heavy atom. The summed E-state index contributed by atoms with van der Waals surface area (Å²) in [6.45, 7) is 6.00. The highest BCUT2D eigenvalue weighted by atomic mass is 16.1. The first kappa shape index (κ1) is 14.7. The minimum atomic E-state index is -0.229. The van der Waals surface area contributed by atoms with Gasteiger partial charge in [-0.05, 0) is 30.9 Å². The monoisotopic (exact) mass is 302 g/mol. The Kier molecular flexibility index (Phi) is 3.92. The van der Waals surface area contributed by atoms with E-state index in [0.29, 0.717) is 17.9 Å². The number of H-pyrrole nitrogens is 2. The number of rotatable bonds is 4. The lowest BCUT2D eigenvalue weighted by Crippen LogP contribution is -2.21. The minimum Gasteiger partial charge on any atom is -0.370 e. The Morgan fingerprint density at radius 1 is 1.23 bits per heavy atom. The van der Waals surface area contributed by atoms with Crippen LogP contribution in [0.5, 0.6) is 0 Å². The molecule has 0 atom stereocenters. The fourth-order valence-corrected chi connectivity index (χ4v) is 2.96. The van der Waals surface area contributed by atoms with E-state index in [9.17, 15) is 9.59 Å². The van der Waals surface area contributed by atoms with E-state index in [1.807, 2.05) is 26.0 Å². The Bertz CT molecular complexity index is 738. The van der Waals surface area contributed by atoms with Crippen molar-refractivity contribution in [2.45, 2.75) is 33.1 Å². The first-order valence-corrected chi connectivity index (χ1v) is 7.84. The molecule has 1 aliphatic heterocycles. The van der Waals surface area contributed by atoms with Crippen LogP contribution < -0.4 is 15.9 Å². The number of aromatic amines is 2. The molecule has 1 aromatic carbocycles. The molecule has 2 aromatic rings. The van der Waals surface area contributed by atoms with Crippen molar-refractivity contribution in [3.63, 3.8) is 0 Å². The number of imidazole rings is 1.